The lowest BCUT2D eigenvalue weighted by Gasteiger charge is -2.26. The third-order valence-electron chi connectivity index (χ3n) is 4.66. The summed E-state index contributed by atoms with van der Waals surface area (Å²) in [6.45, 7) is 2.49. The van der Waals surface area contributed by atoms with E-state index < -0.39 is 0 Å². The summed E-state index contributed by atoms with van der Waals surface area (Å²) in [5.41, 5.74) is 1.34. The first kappa shape index (κ1) is 15.8. The smallest absolute Gasteiger partial charge is 0.260 e. The van der Waals surface area contributed by atoms with E-state index in [0.717, 1.165) is 23.1 Å². The summed E-state index contributed by atoms with van der Waals surface area (Å²) in [6, 6.07) is 0. The van der Waals surface area contributed by atoms with Gasteiger partial charge in [0.15, 0.2) is 6.61 Å². The van der Waals surface area contributed by atoms with E-state index >= 15 is 0 Å². The Morgan fingerprint density at radius 2 is 2.04 bits per heavy atom. The van der Waals surface area contributed by atoms with Gasteiger partial charge in [-0.1, -0.05) is 6.42 Å². The zero-order chi connectivity index (χ0) is 16.4. The number of aryl methyl sites for hydroxylation is 2. The van der Waals surface area contributed by atoms with Gasteiger partial charge in [-0.15, -0.1) is 11.3 Å². The number of carbonyl (C=O) groups excluding carboxylic acids is 1. The van der Waals surface area contributed by atoms with E-state index in [-0.39, 0.29) is 12.5 Å². The maximum Gasteiger partial charge on any atom is 0.260 e. The van der Waals surface area contributed by atoms with Crippen molar-refractivity contribution in [3.63, 3.8) is 0 Å². The van der Waals surface area contributed by atoms with E-state index in [1.54, 1.807) is 16.2 Å². The average Bonchev–Trinajstić information content (AvgIpc) is 2.82. The van der Waals surface area contributed by atoms with Gasteiger partial charge in [0, 0.05) is 18.0 Å². The molecule has 1 saturated heterocycles. The molecular weight excluding hydrogens is 326 g/mol. The molecule has 6 nitrogen and oxygen atoms in total. The standard InChI is InChI=1S/C17H21N3O3S/c21-14(20-6-8-22-9-7-20)10-23-16-15-12-4-2-1-3-5-13(12)24-17(15)19-11-18-16/h11H,1-10H2. The number of nitrogens with zero attached hydrogens (tertiary/aromatic N) is 3. The molecule has 1 fully saturated rings. The molecule has 7 heteroatoms. The molecule has 0 bridgehead atoms. The Bertz CT molecular complexity index is 740. The summed E-state index contributed by atoms with van der Waals surface area (Å²) in [5.74, 6) is 0.549. The Kier molecular flexibility index (Phi) is 4.62. The molecule has 1 aliphatic carbocycles. The molecule has 128 valence electrons. The van der Waals surface area contributed by atoms with Crippen LogP contribution in [0.1, 0.15) is 29.7 Å². The van der Waals surface area contributed by atoms with E-state index in [9.17, 15) is 4.79 Å². The average molecular weight is 347 g/mol. The fraction of sp³-hybridized carbons (Fsp3) is 0.588. The SMILES string of the molecule is O=C(COc1ncnc2sc3c(c12)CCCCC3)N1CCOCC1. The van der Waals surface area contributed by atoms with Crippen LogP contribution in [0.2, 0.25) is 0 Å². The summed E-state index contributed by atoms with van der Waals surface area (Å²) in [4.78, 5) is 25.2. The van der Waals surface area contributed by atoms with Crippen molar-refractivity contribution in [1.29, 1.82) is 0 Å². The second-order valence-corrected chi connectivity index (χ2v) is 7.29. The number of hydrogen-bond donors (Lipinski definition) is 0. The number of thiophene rings is 1. The first-order valence-corrected chi connectivity index (χ1v) is 9.38. The van der Waals surface area contributed by atoms with Crippen molar-refractivity contribution in [3.05, 3.63) is 16.8 Å². The second kappa shape index (κ2) is 7.03. The Balaban J connectivity index is 1.55. The maximum atomic E-state index is 12.3. The molecule has 0 unspecified atom stereocenters. The quantitative estimate of drug-likeness (QED) is 0.797. The number of hydrogen-bond acceptors (Lipinski definition) is 6. The lowest BCUT2D eigenvalue weighted by atomic mass is 10.1. The zero-order valence-electron chi connectivity index (χ0n) is 13.6. The van der Waals surface area contributed by atoms with Crippen LogP contribution in [0.25, 0.3) is 10.2 Å². The molecule has 2 aromatic rings. The number of carbonyl (C=O) groups is 1. The van der Waals surface area contributed by atoms with Gasteiger partial charge in [0.05, 0.1) is 18.6 Å². The van der Waals surface area contributed by atoms with Crippen LogP contribution in [0.4, 0.5) is 0 Å². The normalized spacial score (nSPS) is 18.2. The van der Waals surface area contributed by atoms with Gasteiger partial charge < -0.3 is 14.4 Å². The van der Waals surface area contributed by atoms with Crippen molar-refractivity contribution >= 4 is 27.5 Å². The van der Waals surface area contributed by atoms with Crippen LogP contribution in [0.5, 0.6) is 5.88 Å². The first-order chi connectivity index (χ1) is 11.8. The van der Waals surface area contributed by atoms with Crippen molar-refractivity contribution in [2.75, 3.05) is 32.9 Å². The lowest BCUT2D eigenvalue weighted by Crippen LogP contribution is -2.43. The third-order valence-corrected chi connectivity index (χ3v) is 5.86. The van der Waals surface area contributed by atoms with Gasteiger partial charge >= 0.3 is 0 Å². The molecule has 0 N–H and O–H groups in total. The van der Waals surface area contributed by atoms with Crippen molar-refractivity contribution in [3.8, 4) is 5.88 Å². The van der Waals surface area contributed by atoms with Crippen molar-refractivity contribution in [1.82, 2.24) is 14.9 Å². The van der Waals surface area contributed by atoms with Gasteiger partial charge in [-0.25, -0.2) is 9.97 Å². The van der Waals surface area contributed by atoms with E-state index in [1.165, 1.54) is 36.0 Å². The van der Waals surface area contributed by atoms with E-state index in [1.807, 2.05) is 0 Å². The first-order valence-electron chi connectivity index (χ1n) is 8.56. The summed E-state index contributed by atoms with van der Waals surface area (Å²) in [5, 5.41) is 1.02. The Morgan fingerprint density at radius 3 is 2.92 bits per heavy atom. The molecule has 0 atom stereocenters. The number of aromatic nitrogens is 2. The number of amides is 1. The maximum absolute atomic E-state index is 12.3. The molecule has 0 aromatic carbocycles. The minimum Gasteiger partial charge on any atom is -0.467 e. The zero-order valence-corrected chi connectivity index (χ0v) is 14.4. The summed E-state index contributed by atoms with van der Waals surface area (Å²) in [7, 11) is 0. The Labute approximate surface area is 144 Å². The molecule has 2 aromatic heterocycles. The minimum atomic E-state index is -0.00798. The predicted octanol–water partition coefficient (Wildman–Crippen LogP) is 2.20. The molecule has 24 heavy (non-hydrogen) atoms. The molecule has 1 amide bonds. The molecule has 1 aliphatic heterocycles. The van der Waals surface area contributed by atoms with Crippen molar-refractivity contribution < 1.29 is 14.3 Å². The van der Waals surface area contributed by atoms with Crippen LogP contribution < -0.4 is 4.74 Å². The van der Waals surface area contributed by atoms with Crippen LogP contribution in [-0.2, 0) is 22.4 Å². The second-order valence-electron chi connectivity index (χ2n) is 6.21. The van der Waals surface area contributed by atoms with Gasteiger partial charge in [0.25, 0.3) is 5.91 Å². The highest BCUT2D eigenvalue weighted by atomic mass is 32.1. The van der Waals surface area contributed by atoms with Gasteiger partial charge in [-0.2, -0.15) is 0 Å². The lowest BCUT2D eigenvalue weighted by molar-refractivity contribution is -0.137. The van der Waals surface area contributed by atoms with Gasteiger partial charge in [-0.05, 0) is 31.2 Å². The number of rotatable bonds is 3. The van der Waals surface area contributed by atoms with Crippen molar-refractivity contribution in [2.45, 2.75) is 32.1 Å². The van der Waals surface area contributed by atoms with Gasteiger partial charge in [-0.3, -0.25) is 4.79 Å². The number of fused-ring (bicyclic) bond motifs is 3. The monoisotopic (exact) mass is 347 g/mol. The van der Waals surface area contributed by atoms with Crippen LogP contribution in [0, 0.1) is 0 Å². The van der Waals surface area contributed by atoms with Crippen LogP contribution in [0.3, 0.4) is 0 Å². The van der Waals surface area contributed by atoms with E-state index in [0.29, 0.717) is 32.2 Å². The third kappa shape index (κ3) is 3.10. The summed E-state index contributed by atoms with van der Waals surface area (Å²) < 4.78 is 11.1. The molecule has 3 heterocycles. The largest absolute Gasteiger partial charge is 0.467 e. The fourth-order valence-corrected chi connectivity index (χ4v) is 4.60. The predicted molar refractivity (Wildman–Crippen MR) is 91.6 cm³/mol. The van der Waals surface area contributed by atoms with E-state index in [2.05, 4.69) is 9.97 Å². The number of morpholine rings is 1. The van der Waals surface area contributed by atoms with Crippen LogP contribution >= 0.6 is 11.3 Å². The molecule has 4 rings (SSSR count). The highest BCUT2D eigenvalue weighted by Crippen LogP contribution is 2.38. The van der Waals surface area contributed by atoms with Crippen LogP contribution in [0.15, 0.2) is 6.33 Å². The fourth-order valence-electron chi connectivity index (χ4n) is 3.38. The summed E-state index contributed by atoms with van der Waals surface area (Å²) >= 11 is 1.75. The van der Waals surface area contributed by atoms with Crippen LogP contribution in [-0.4, -0.2) is 53.7 Å². The highest BCUT2D eigenvalue weighted by Gasteiger charge is 2.22. The molecule has 0 spiro atoms. The summed E-state index contributed by atoms with van der Waals surface area (Å²) in [6.07, 6.45) is 7.40. The topological polar surface area (TPSA) is 64.5 Å². The Hall–Kier alpha value is -1.73. The Morgan fingerprint density at radius 1 is 1.21 bits per heavy atom. The van der Waals surface area contributed by atoms with E-state index in [4.69, 9.17) is 9.47 Å². The van der Waals surface area contributed by atoms with Gasteiger partial charge in [0.2, 0.25) is 5.88 Å². The van der Waals surface area contributed by atoms with Gasteiger partial charge in [0.1, 0.15) is 11.2 Å². The van der Waals surface area contributed by atoms with Crippen molar-refractivity contribution in [2.24, 2.45) is 0 Å². The molecule has 0 radical (unpaired) electrons. The highest BCUT2D eigenvalue weighted by molar-refractivity contribution is 7.18. The molecule has 2 aliphatic rings. The number of ether oxygens (including phenoxy) is 2. The molecular formula is C17H21N3O3S. The molecule has 0 saturated carbocycles. The minimum absolute atomic E-state index is 0.00798.